The van der Waals surface area contributed by atoms with Crippen LogP contribution in [0, 0.1) is 29.6 Å². The maximum absolute atomic E-state index is 4.18. The topological polar surface area (TPSA) is 36.1 Å². The Morgan fingerprint density at radius 1 is 0.341 bits per heavy atom. The molecule has 2 unspecified atom stereocenters. The van der Waals surface area contributed by atoms with Crippen LogP contribution in [0.1, 0.15) is 174 Å². The Kier molecular flexibility index (Phi) is 11.9. The second-order valence-corrected chi connectivity index (χ2v) is 16.6. The highest BCUT2D eigenvalue weighted by Crippen LogP contribution is 2.48. The maximum Gasteiger partial charge on any atom is 0.00721 e. The zero-order valence-corrected chi connectivity index (χ0v) is 27.2. The monoisotopic (exact) mass is 568 g/mol. The van der Waals surface area contributed by atoms with Crippen molar-refractivity contribution in [3.63, 3.8) is 0 Å². The summed E-state index contributed by atoms with van der Waals surface area (Å²) in [6.45, 7) is 2.48. The average Bonchev–Trinajstić information content (AvgIpc) is 3.01. The molecule has 3 heteroatoms. The van der Waals surface area contributed by atoms with Gasteiger partial charge in [-0.05, 0) is 145 Å². The van der Waals surface area contributed by atoms with Gasteiger partial charge in [-0.1, -0.05) is 58.3 Å². The van der Waals surface area contributed by atoms with Crippen LogP contribution in [-0.2, 0) is 0 Å². The van der Waals surface area contributed by atoms with Crippen LogP contribution in [0.2, 0.25) is 0 Å². The van der Waals surface area contributed by atoms with Gasteiger partial charge in [-0.3, -0.25) is 0 Å². The van der Waals surface area contributed by atoms with E-state index in [4.69, 9.17) is 0 Å². The molecule has 0 radical (unpaired) electrons. The molecule has 0 spiro atoms. The molecule has 3 N–H and O–H groups in total. The van der Waals surface area contributed by atoms with Gasteiger partial charge in [0, 0.05) is 36.3 Å². The van der Waals surface area contributed by atoms with E-state index in [0.29, 0.717) is 0 Å². The Hall–Kier alpha value is -0.120. The first-order valence-corrected chi connectivity index (χ1v) is 19.5. The third kappa shape index (κ3) is 8.97. The largest absolute Gasteiger partial charge is 0.311 e. The number of hydrogen-bond acceptors (Lipinski definition) is 3. The highest BCUT2D eigenvalue weighted by Gasteiger charge is 2.41. The standard InChI is InChI=1S/C38H69N3/c1-28-9-8-14-37(27-28)41-36-25-19-31(20-26-36)38(29-15-21-34(22-16-29)39-32-10-4-2-5-11-32)30-17-23-35(24-18-30)40-33-12-6-3-7-13-33/h28-41H,2-27H2,1H3. The molecule has 0 heterocycles. The summed E-state index contributed by atoms with van der Waals surface area (Å²) in [5.74, 6) is 5.00. The third-order valence-corrected chi connectivity index (χ3v) is 13.5. The van der Waals surface area contributed by atoms with Gasteiger partial charge in [-0.25, -0.2) is 0 Å². The molecule has 0 amide bonds. The lowest BCUT2D eigenvalue weighted by Gasteiger charge is -2.47. The van der Waals surface area contributed by atoms with E-state index in [1.54, 1.807) is 0 Å². The van der Waals surface area contributed by atoms with Crippen molar-refractivity contribution in [2.24, 2.45) is 29.6 Å². The zero-order valence-electron chi connectivity index (χ0n) is 27.2. The van der Waals surface area contributed by atoms with Crippen LogP contribution in [0.4, 0.5) is 0 Å². The summed E-state index contributed by atoms with van der Waals surface area (Å²) in [4.78, 5) is 0. The Morgan fingerprint density at radius 3 is 1.07 bits per heavy atom. The predicted octanol–water partition coefficient (Wildman–Crippen LogP) is 9.29. The van der Waals surface area contributed by atoms with Crippen LogP contribution in [-0.4, -0.2) is 36.3 Å². The quantitative estimate of drug-likeness (QED) is 0.260. The fourth-order valence-electron chi connectivity index (χ4n) is 11.3. The van der Waals surface area contributed by atoms with Crippen LogP contribution in [0.5, 0.6) is 0 Å². The smallest absolute Gasteiger partial charge is 0.00721 e. The first-order chi connectivity index (χ1) is 20.2. The van der Waals surface area contributed by atoms with Crippen LogP contribution in [0.15, 0.2) is 0 Å². The van der Waals surface area contributed by atoms with Crippen LogP contribution in [0.3, 0.4) is 0 Å². The molecule has 6 aliphatic carbocycles. The highest BCUT2D eigenvalue weighted by molar-refractivity contribution is 4.94. The maximum atomic E-state index is 4.18. The van der Waals surface area contributed by atoms with Crippen LogP contribution >= 0.6 is 0 Å². The van der Waals surface area contributed by atoms with E-state index in [9.17, 15) is 0 Å². The van der Waals surface area contributed by atoms with E-state index < -0.39 is 0 Å². The molecule has 0 aromatic carbocycles. The van der Waals surface area contributed by atoms with E-state index >= 15 is 0 Å². The summed E-state index contributed by atoms with van der Waals surface area (Å²) < 4.78 is 0. The summed E-state index contributed by atoms with van der Waals surface area (Å²) in [7, 11) is 0. The van der Waals surface area contributed by atoms with Gasteiger partial charge in [0.15, 0.2) is 0 Å². The molecule has 6 fully saturated rings. The Morgan fingerprint density at radius 2 is 0.683 bits per heavy atom. The van der Waals surface area contributed by atoms with E-state index in [1.165, 1.54) is 167 Å². The molecule has 6 saturated carbocycles. The first-order valence-electron chi connectivity index (χ1n) is 19.5. The van der Waals surface area contributed by atoms with E-state index in [1.807, 2.05) is 0 Å². The van der Waals surface area contributed by atoms with Crippen molar-refractivity contribution in [1.29, 1.82) is 0 Å². The number of hydrogen-bond donors (Lipinski definition) is 3. The van der Waals surface area contributed by atoms with Gasteiger partial charge in [0.25, 0.3) is 0 Å². The molecule has 0 aromatic rings. The van der Waals surface area contributed by atoms with Crippen molar-refractivity contribution in [2.75, 3.05) is 0 Å². The molecular formula is C38H69N3. The number of rotatable bonds is 9. The minimum atomic E-state index is 0.813. The van der Waals surface area contributed by atoms with Crippen molar-refractivity contribution in [1.82, 2.24) is 16.0 Å². The van der Waals surface area contributed by atoms with Crippen molar-refractivity contribution in [2.45, 2.75) is 210 Å². The molecule has 3 nitrogen and oxygen atoms in total. The van der Waals surface area contributed by atoms with Crippen molar-refractivity contribution in [3.8, 4) is 0 Å². The molecule has 6 rings (SSSR count). The van der Waals surface area contributed by atoms with Crippen molar-refractivity contribution < 1.29 is 0 Å². The third-order valence-electron chi connectivity index (χ3n) is 13.5. The second kappa shape index (κ2) is 15.7. The summed E-state index contributed by atoms with van der Waals surface area (Å²) in [5.41, 5.74) is 0. The van der Waals surface area contributed by atoms with Crippen LogP contribution < -0.4 is 16.0 Å². The lowest BCUT2D eigenvalue weighted by atomic mass is 9.61. The SMILES string of the molecule is CC1CCCC(NC2CCC(C(C3CCC(NC4CCCCC4)CC3)C3CCC(NC4CCCCC4)CC3)CC2)C1. The molecule has 0 saturated heterocycles. The lowest BCUT2D eigenvalue weighted by molar-refractivity contribution is 0.0485. The predicted molar refractivity (Wildman–Crippen MR) is 175 cm³/mol. The summed E-state index contributed by atoms with van der Waals surface area (Å²) in [6.07, 6.45) is 38.3. The van der Waals surface area contributed by atoms with Crippen LogP contribution in [0.25, 0.3) is 0 Å². The molecule has 6 aliphatic rings. The molecule has 2 atom stereocenters. The molecule has 41 heavy (non-hydrogen) atoms. The van der Waals surface area contributed by atoms with E-state index in [2.05, 4.69) is 22.9 Å². The molecular weight excluding hydrogens is 498 g/mol. The van der Waals surface area contributed by atoms with Gasteiger partial charge >= 0.3 is 0 Å². The lowest BCUT2D eigenvalue weighted by Crippen LogP contribution is -2.47. The van der Waals surface area contributed by atoms with Crippen molar-refractivity contribution in [3.05, 3.63) is 0 Å². The highest BCUT2D eigenvalue weighted by atomic mass is 15.0. The normalized spacial score (nSPS) is 41.2. The molecule has 0 bridgehead atoms. The fraction of sp³-hybridized carbons (Fsp3) is 1.00. The summed E-state index contributed by atoms with van der Waals surface area (Å²) in [5, 5.41) is 12.5. The molecule has 0 aromatic heterocycles. The fourth-order valence-corrected chi connectivity index (χ4v) is 11.3. The Balaban J connectivity index is 1.03. The number of nitrogens with one attached hydrogen (secondary N) is 3. The summed E-state index contributed by atoms with van der Waals surface area (Å²) >= 11 is 0. The van der Waals surface area contributed by atoms with Gasteiger partial charge < -0.3 is 16.0 Å². The molecule has 0 aliphatic heterocycles. The van der Waals surface area contributed by atoms with Gasteiger partial charge in [0.05, 0.1) is 0 Å². The van der Waals surface area contributed by atoms with Gasteiger partial charge in [-0.15, -0.1) is 0 Å². The minimum absolute atomic E-state index is 0.813. The van der Waals surface area contributed by atoms with Gasteiger partial charge in [0.1, 0.15) is 0 Å². The minimum Gasteiger partial charge on any atom is -0.311 e. The van der Waals surface area contributed by atoms with E-state index in [-0.39, 0.29) is 0 Å². The summed E-state index contributed by atoms with van der Waals surface area (Å²) in [6, 6.07) is 4.94. The molecule has 236 valence electrons. The zero-order chi connectivity index (χ0) is 27.9. The van der Waals surface area contributed by atoms with Gasteiger partial charge in [-0.2, -0.15) is 0 Å². The van der Waals surface area contributed by atoms with Crippen molar-refractivity contribution >= 4 is 0 Å². The first kappa shape index (κ1) is 30.9. The van der Waals surface area contributed by atoms with Gasteiger partial charge in [0.2, 0.25) is 0 Å². The average molecular weight is 568 g/mol. The second-order valence-electron chi connectivity index (χ2n) is 16.6. The van der Waals surface area contributed by atoms with E-state index in [0.717, 1.165) is 65.8 Å². The Bertz CT molecular complexity index is 678. The Labute approximate surface area is 255 Å².